The molecular formula is C42H21Cl4F3IN2O4S2+. The number of rotatable bonds is 7. The van der Waals surface area contributed by atoms with Crippen molar-refractivity contribution < 1.29 is 34.6 Å². The molecule has 6 aromatic carbocycles. The van der Waals surface area contributed by atoms with E-state index in [4.69, 9.17) is 46.4 Å². The summed E-state index contributed by atoms with van der Waals surface area (Å²) in [6, 6.07) is 26.1. The van der Waals surface area contributed by atoms with E-state index in [1.807, 2.05) is 0 Å². The molecule has 0 bridgehead atoms. The average Bonchev–Trinajstić information content (AvgIpc) is 3.17. The van der Waals surface area contributed by atoms with E-state index < -0.39 is 42.1 Å². The number of halogens is 8. The van der Waals surface area contributed by atoms with Crippen LogP contribution in [0.3, 0.4) is 0 Å². The summed E-state index contributed by atoms with van der Waals surface area (Å²) >= 11 is 27.6. The van der Waals surface area contributed by atoms with Gasteiger partial charge in [-0.25, -0.2) is 30.0 Å². The third-order valence-electron chi connectivity index (χ3n) is 9.33. The smallest absolute Gasteiger partial charge is 0.229 e. The summed E-state index contributed by atoms with van der Waals surface area (Å²) in [5.74, 6) is -2.07. The van der Waals surface area contributed by atoms with Crippen molar-refractivity contribution in [1.82, 2.24) is 4.98 Å². The third kappa shape index (κ3) is 7.33. The number of pyridine rings is 2. The van der Waals surface area contributed by atoms with Crippen LogP contribution in [0.4, 0.5) is 13.2 Å². The normalized spacial score (nSPS) is 12.1. The van der Waals surface area contributed by atoms with Gasteiger partial charge in [-0.15, -0.1) is 0 Å². The molecule has 58 heavy (non-hydrogen) atoms. The summed E-state index contributed by atoms with van der Waals surface area (Å²) in [6.45, 7) is 0. The Morgan fingerprint density at radius 2 is 1.21 bits per heavy atom. The molecule has 0 aliphatic heterocycles. The van der Waals surface area contributed by atoms with Crippen LogP contribution in [-0.4, -0.2) is 21.8 Å². The standard InChI is InChI=1S/C42H21Cl4F3IN2O4S2/c43-24-14-25(44)16-30(15-24)58(55,56)39-20-51-36-18-27(48)4-9-31(36)42(39)23-3-11-38(34(46)13-23)52-21-40(57(53,54)29-8-10-35(49)33(45)19-29)41(22-1-6-28(50)7-2-22)32-17-26(47)5-12-37(32)52/h1-21H/q+1. The van der Waals surface area contributed by atoms with Gasteiger partial charge in [-0.2, -0.15) is 4.57 Å². The van der Waals surface area contributed by atoms with Crippen molar-refractivity contribution in [3.63, 3.8) is 0 Å². The molecule has 0 saturated carbocycles. The molecule has 0 radical (unpaired) electrons. The van der Waals surface area contributed by atoms with E-state index in [-0.39, 0.29) is 73.3 Å². The molecule has 0 amide bonds. The number of benzene rings is 6. The molecule has 0 saturated heterocycles. The predicted octanol–water partition coefficient (Wildman–Crippen LogP) is 12.3. The first-order valence-corrected chi connectivity index (χ1v) is 22.3. The SMILES string of the molecule is O=S(=O)(c1cc(Cl)cc(Cl)c1)c1cnc2cc(F)ccc2c1-c1ccc(-[n+]2cc(S(=O)(=O)c3ccc(F)c(Cl)c3)c(-c3ccc(I)cc3)c3cc(F)ccc32)c(Cl)c1. The number of sulfone groups is 2. The van der Waals surface area contributed by atoms with E-state index >= 15 is 4.39 Å². The highest BCUT2D eigenvalue weighted by molar-refractivity contribution is 14.1. The Balaban J connectivity index is 1.40. The van der Waals surface area contributed by atoms with Crippen molar-refractivity contribution in [3.8, 4) is 27.9 Å². The van der Waals surface area contributed by atoms with E-state index in [9.17, 15) is 25.6 Å². The topological polar surface area (TPSA) is 85.1 Å². The van der Waals surface area contributed by atoms with E-state index in [0.717, 1.165) is 34.0 Å². The van der Waals surface area contributed by atoms with Crippen LogP contribution in [-0.2, 0) is 19.7 Å². The second kappa shape index (κ2) is 15.4. The van der Waals surface area contributed by atoms with Crippen LogP contribution in [0.15, 0.2) is 147 Å². The zero-order chi connectivity index (χ0) is 41.3. The minimum Gasteiger partial charge on any atom is -0.255 e. The maximum absolute atomic E-state index is 15.2. The lowest BCUT2D eigenvalue weighted by Crippen LogP contribution is -2.33. The largest absolute Gasteiger partial charge is 0.255 e. The van der Waals surface area contributed by atoms with Gasteiger partial charge in [0.15, 0.2) is 6.20 Å². The van der Waals surface area contributed by atoms with E-state index in [0.29, 0.717) is 11.1 Å². The van der Waals surface area contributed by atoms with Crippen LogP contribution in [0, 0.1) is 21.0 Å². The summed E-state index contributed by atoms with van der Waals surface area (Å²) in [5, 5.41) is 0.243. The summed E-state index contributed by atoms with van der Waals surface area (Å²) in [7, 11) is -8.88. The van der Waals surface area contributed by atoms with Gasteiger partial charge in [0.1, 0.15) is 27.4 Å². The van der Waals surface area contributed by atoms with Gasteiger partial charge >= 0.3 is 0 Å². The molecule has 0 fully saturated rings. The summed E-state index contributed by atoms with van der Waals surface area (Å²) < 4.78 is 104. The molecule has 0 N–H and O–H groups in total. The Hall–Kier alpha value is -4.28. The average molecular weight is 1010 g/mol. The molecule has 2 aromatic heterocycles. The Kier molecular flexibility index (Phi) is 10.7. The highest BCUT2D eigenvalue weighted by Gasteiger charge is 2.33. The fourth-order valence-corrected chi connectivity index (χ4v) is 11.3. The fraction of sp³-hybridized carbons (Fsp3) is 0. The second-order valence-electron chi connectivity index (χ2n) is 12.9. The van der Waals surface area contributed by atoms with Gasteiger partial charge in [0.2, 0.25) is 30.9 Å². The molecule has 290 valence electrons. The second-order valence-corrected chi connectivity index (χ2v) is 19.7. The fourth-order valence-electron chi connectivity index (χ4n) is 6.71. The van der Waals surface area contributed by atoms with Crippen LogP contribution >= 0.6 is 69.0 Å². The number of nitrogens with zero attached hydrogens (tertiary/aromatic N) is 2. The first-order valence-electron chi connectivity index (χ1n) is 16.8. The molecule has 0 aliphatic rings. The minimum absolute atomic E-state index is 0.0181. The van der Waals surface area contributed by atoms with Crippen molar-refractivity contribution in [2.75, 3.05) is 0 Å². The molecule has 8 aromatic rings. The quantitative estimate of drug-likeness (QED) is 0.0902. The van der Waals surface area contributed by atoms with Gasteiger partial charge in [0.25, 0.3) is 0 Å². The van der Waals surface area contributed by atoms with Crippen molar-refractivity contribution in [2.24, 2.45) is 0 Å². The lowest BCUT2D eigenvalue weighted by molar-refractivity contribution is -0.569. The summed E-state index contributed by atoms with van der Waals surface area (Å²) in [4.78, 5) is 3.21. The molecule has 0 aliphatic carbocycles. The van der Waals surface area contributed by atoms with Gasteiger partial charge < -0.3 is 0 Å². The van der Waals surface area contributed by atoms with Crippen LogP contribution < -0.4 is 4.57 Å². The molecule has 6 nitrogen and oxygen atoms in total. The maximum atomic E-state index is 15.2. The molecular weight excluding hydrogens is 986 g/mol. The first kappa shape index (κ1) is 40.5. The van der Waals surface area contributed by atoms with Gasteiger partial charge in [-0.1, -0.05) is 58.5 Å². The first-order chi connectivity index (χ1) is 27.5. The highest BCUT2D eigenvalue weighted by Crippen LogP contribution is 2.41. The predicted molar refractivity (Wildman–Crippen MR) is 228 cm³/mol. The summed E-state index contributed by atoms with van der Waals surface area (Å²) in [5.41, 5.74) is 1.76. The lowest BCUT2D eigenvalue weighted by atomic mass is 9.99. The number of fused-ring (bicyclic) bond motifs is 2. The van der Waals surface area contributed by atoms with E-state index in [1.165, 1.54) is 65.4 Å². The van der Waals surface area contributed by atoms with Crippen LogP contribution in [0.5, 0.6) is 0 Å². The van der Waals surface area contributed by atoms with Crippen LogP contribution in [0.2, 0.25) is 20.1 Å². The van der Waals surface area contributed by atoms with E-state index in [1.54, 1.807) is 36.4 Å². The zero-order valence-electron chi connectivity index (χ0n) is 29.0. The highest BCUT2D eigenvalue weighted by atomic mass is 127. The monoisotopic (exact) mass is 1000 g/mol. The lowest BCUT2D eigenvalue weighted by Gasteiger charge is -2.16. The van der Waals surface area contributed by atoms with Crippen LogP contribution in [0.25, 0.3) is 49.7 Å². The van der Waals surface area contributed by atoms with Gasteiger partial charge in [0, 0.05) is 54.5 Å². The number of hydrogen-bond donors (Lipinski definition) is 0. The Labute approximate surface area is 363 Å². The third-order valence-corrected chi connectivity index (χ3v) is 14.6. The molecule has 2 heterocycles. The number of hydrogen-bond acceptors (Lipinski definition) is 5. The Morgan fingerprint density at radius 1 is 0.569 bits per heavy atom. The van der Waals surface area contributed by atoms with Gasteiger partial charge in [-0.05, 0) is 119 Å². The molecule has 8 rings (SSSR count). The minimum atomic E-state index is -4.51. The van der Waals surface area contributed by atoms with E-state index in [2.05, 4.69) is 27.6 Å². The molecule has 0 atom stereocenters. The molecule has 0 spiro atoms. The molecule has 0 unspecified atom stereocenters. The van der Waals surface area contributed by atoms with Crippen molar-refractivity contribution in [1.29, 1.82) is 0 Å². The van der Waals surface area contributed by atoms with Gasteiger partial charge in [0.05, 0.1) is 30.6 Å². The molecule has 16 heteroatoms. The number of aromatic nitrogens is 2. The van der Waals surface area contributed by atoms with Gasteiger partial charge in [-0.3, -0.25) is 4.98 Å². The van der Waals surface area contributed by atoms with Crippen LogP contribution in [0.1, 0.15) is 0 Å². The van der Waals surface area contributed by atoms with Crippen molar-refractivity contribution >= 4 is 110 Å². The zero-order valence-corrected chi connectivity index (χ0v) is 35.8. The van der Waals surface area contributed by atoms with Crippen molar-refractivity contribution in [2.45, 2.75) is 19.6 Å². The summed E-state index contributed by atoms with van der Waals surface area (Å²) in [6.07, 6.45) is 2.45. The Bertz CT molecular complexity index is 3250. The maximum Gasteiger partial charge on any atom is 0.229 e. The van der Waals surface area contributed by atoms with Crippen molar-refractivity contribution in [3.05, 3.63) is 169 Å². The Morgan fingerprint density at radius 3 is 1.90 bits per heavy atom.